The zero-order chi connectivity index (χ0) is 13.1. The largest absolute Gasteiger partial charge is 0.492 e. The van der Waals surface area contributed by atoms with Gasteiger partial charge in [0.2, 0.25) is 6.79 Å². The van der Waals surface area contributed by atoms with E-state index in [9.17, 15) is 0 Å². The molecule has 0 aliphatic carbocycles. The molecule has 0 spiro atoms. The van der Waals surface area contributed by atoms with Crippen molar-refractivity contribution < 1.29 is 18.9 Å². The van der Waals surface area contributed by atoms with Crippen LogP contribution < -0.4 is 19.5 Å². The molecule has 2 unspecified atom stereocenters. The Bertz CT molecular complexity index is 431. The van der Waals surface area contributed by atoms with E-state index in [-0.39, 0.29) is 6.79 Å². The molecule has 1 N–H and O–H groups in total. The number of hydrogen-bond donors (Lipinski definition) is 1. The van der Waals surface area contributed by atoms with Gasteiger partial charge < -0.3 is 24.3 Å². The lowest BCUT2D eigenvalue weighted by Gasteiger charge is -2.22. The summed E-state index contributed by atoms with van der Waals surface area (Å²) in [6.07, 6.45) is 1.09. The molecule has 0 saturated carbocycles. The highest BCUT2D eigenvalue weighted by Gasteiger charge is 2.25. The van der Waals surface area contributed by atoms with Gasteiger partial charge in [-0.3, -0.25) is 0 Å². The van der Waals surface area contributed by atoms with Crippen molar-refractivity contribution in [1.29, 1.82) is 0 Å². The van der Waals surface area contributed by atoms with Crippen LogP contribution in [0, 0.1) is 5.92 Å². The molecule has 2 heterocycles. The van der Waals surface area contributed by atoms with Crippen LogP contribution in [0.15, 0.2) is 18.2 Å². The molecule has 1 aromatic rings. The van der Waals surface area contributed by atoms with Gasteiger partial charge in [-0.25, -0.2) is 0 Å². The van der Waals surface area contributed by atoms with Crippen LogP contribution in [-0.2, 0) is 4.74 Å². The standard InChI is InChI=1S/C14H19NO4/c1-15-12(10-4-5-16-7-10)8-17-11-2-3-13-14(6-11)19-9-18-13/h2-3,6,10,12,15H,4-5,7-9H2,1H3. The van der Waals surface area contributed by atoms with Crippen molar-refractivity contribution in [2.75, 3.05) is 33.7 Å². The first-order valence-electron chi connectivity index (χ1n) is 6.64. The zero-order valence-corrected chi connectivity index (χ0v) is 11.1. The molecule has 0 radical (unpaired) electrons. The molecule has 0 amide bonds. The summed E-state index contributed by atoms with van der Waals surface area (Å²) < 4.78 is 21.9. The average molecular weight is 265 g/mol. The first kappa shape index (κ1) is 12.6. The fraction of sp³-hybridized carbons (Fsp3) is 0.571. The van der Waals surface area contributed by atoms with E-state index < -0.39 is 0 Å². The Morgan fingerprint density at radius 1 is 1.37 bits per heavy atom. The van der Waals surface area contributed by atoms with Gasteiger partial charge >= 0.3 is 0 Å². The van der Waals surface area contributed by atoms with Crippen LogP contribution in [0.1, 0.15) is 6.42 Å². The third-order valence-electron chi connectivity index (χ3n) is 3.68. The normalized spacial score (nSPS) is 22.5. The summed E-state index contributed by atoms with van der Waals surface area (Å²) in [5, 5.41) is 3.31. The van der Waals surface area contributed by atoms with Crippen LogP contribution in [0.5, 0.6) is 17.2 Å². The van der Waals surface area contributed by atoms with Crippen molar-refractivity contribution >= 4 is 0 Å². The Labute approximate surface area is 112 Å². The molecule has 1 aromatic carbocycles. The monoisotopic (exact) mass is 265 g/mol. The molecule has 2 aliphatic heterocycles. The van der Waals surface area contributed by atoms with Crippen LogP contribution in [0.4, 0.5) is 0 Å². The van der Waals surface area contributed by atoms with E-state index in [0.717, 1.165) is 36.9 Å². The van der Waals surface area contributed by atoms with Crippen molar-refractivity contribution in [1.82, 2.24) is 5.32 Å². The fourth-order valence-electron chi connectivity index (χ4n) is 2.48. The maximum Gasteiger partial charge on any atom is 0.231 e. The van der Waals surface area contributed by atoms with Crippen LogP contribution in [-0.4, -0.2) is 39.7 Å². The molecular weight excluding hydrogens is 246 g/mol. The molecule has 19 heavy (non-hydrogen) atoms. The summed E-state index contributed by atoms with van der Waals surface area (Å²) in [7, 11) is 1.96. The molecule has 0 bridgehead atoms. The number of nitrogens with one attached hydrogen (secondary N) is 1. The summed E-state index contributed by atoms with van der Waals surface area (Å²) in [5.74, 6) is 2.87. The third-order valence-corrected chi connectivity index (χ3v) is 3.68. The van der Waals surface area contributed by atoms with Crippen LogP contribution in [0.25, 0.3) is 0 Å². The number of ether oxygens (including phenoxy) is 4. The topological polar surface area (TPSA) is 49.0 Å². The highest BCUT2D eigenvalue weighted by Crippen LogP contribution is 2.35. The third kappa shape index (κ3) is 2.77. The van der Waals surface area contributed by atoms with E-state index in [1.165, 1.54) is 0 Å². The molecule has 5 heteroatoms. The summed E-state index contributed by atoms with van der Waals surface area (Å²) in [5.41, 5.74) is 0. The van der Waals surface area contributed by atoms with Gasteiger partial charge in [0.1, 0.15) is 12.4 Å². The van der Waals surface area contributed by atoms with Gasteiger partial charge in [0.25, 0.3) is 0 Å². The quantitative estimate of drug-likeness (QED) is 0.872. The number of rotatable bonds is 5. The summed E-state index contributed by atoms with van der Waals surface area (Å²) in [6.45, 7) is 2.59. The smallest absolute Gasteiger partial charge is 0.231 e. The molecule has 3 rings (SSSR count). The second kappa shape index (κ2) is 5.67. The molecule has 2 atom stereocenters. The van der Waals surface area contributed by atoms with E-state index >= 15 is 0 Å². The second-order valence-electron chi connectivity index (χ2n) is 4.84. The van der Waals surface area contributed by atoms with Gasteiger partial charge in [0.05, 0.1) is 6.61 Å². The Morgan fingerprint density at radius 2 is 2.26 bits per heavy atom. The molecule has 0 aromatic heterocycles. The van der Waals surface area contributed by atoms with Gasteiger partial charge in [0, 0.05) is 24.6 Å². The minimum Gasteiger partial charge on any atom is -0.492 e. The predicted octanol–water partition coefficient (Wildman–Crippen LogP) is 1.42. The van der Waals surface area contributed by atoms with Crippen molar-refractivity contribution in [2.24, 2.45) is 5.92 Å². The maximum absolute atomic E-state index is 5.84. The van der Waals surface area contributed by atoms with E-state index in [2.05, 4.69) is 5.32 Å². The van der Waals surface area contributed by atoms with Crippen molar-refractivity contribution in [3.8, 4) is 17.2 Å². The first-order chi connectivity index (χ1) is 9.36. The van der Waals surface area contributed by atoms with Crippen molar-refractivity contribution in [3.05, 3.63) is 18.2 Å². The predicted molar refractivity (Wildman–Crippen MR) is 69.8 cm³/mol. The van der Waals surface area contributed by atoms with E-state index in [1.54, 1.807) is 0 Å². The molecule has 1 fully saturated rings. The number of likely N-dealkylation sites (N-methyl/N-ethyl adjacent to an activating group) is 1. The second-order valence-corrected chi connectivity index (χ2v) is 4.84. The van der Waals surface area contributed by atoms with Crippen molar-refractivity contribution in [3.63, 3.8) is 0 Å². The lowest BCUT2D eigenvalue weighted by Crippen LogP contribution is -2.39. The SMILES string of the molecule is CNC(COc1ccc2c(c1)OCO2)C1CCOC1. The highest BCUT2D eigenvalue weighted by atomic mass is 16.7. The molecule has 5 nitrogen and oxygen atoms in total. The summed E-state index contributed by atoms with van der Waals surface area (Å²) in [6, 6.07) is 5.98. The minimum absolute atomic E-state index is 0.289. The van der Waals surface area contributed by atoms with Crippen molar-refractivity contribution in [2.45, 2.75) is 12.5 Å². The molecule has 2 aliphatic rings. The van der Waals surface area contributed by atoms with Gasteiger partial charge in [-0.2, -0.15) is 0 Å². The molecular formula is C14H19NO4. The Hall–Kier alpha value is -1.46. The van der Waals surface area contributed by atoms with Crippen LogP contribution in [0.3, 0.4) is 0 Å². The number of fused-ring (bicyclic) bond motifs is 1. The molecule has 104 valence electrons. The number of hydrogen-bond acceptors (Lipinski definition) is 5. The number of benzene rings is 1. The van der Waals surface area contributed by atoms with Gasteiger partial charge in [-0.05, 0) is 25.6 Å². The van der Waals surface area contributed by atoms with Crippen LogP contribution >= 0.6 is 0 Å². The lowest BCUT2D eigenvalue weighted by molar-refractivity contribution is 0.162. The Balaban J connectivity index is 1.58. The lowest BCUT2D eigenvalue weighted by atomic mass is 10.00. The maximum atomic E-state index is 5.84. The van der Waals surface area contributed by atoms with Gasteiger partial charge in [-0.1, -0.05) is 0 Å². The first-order valence-corrected chi connectivity index (χ1v) is 6.64. The highest BCUT2D eigenvalue weighted by molar-refractivity contribution is 5.46. The fourth-order valence-corrected chi connectivity index (χ4v) is 2.48. The van der Waals surface area contributed by atoms with E-state index in [0.29, 0.717) is 18.6 Å². The van der Waals surface area contributed by atoms with Crippen LogP contribution in [0.2, 0.25) is 0 Å². The van der Waals surface area contributed by atoms with Gasteiger partial charge in [0.15, 0.2) is 11.5 Å². The zero-order valence-electron chi connectivity index (χ0n) is 11.1. The van der Waals surface area contributed by atoms with E-state index in [1.807, 2.05) is 25.2 Å². The Morgan fingerprint density at radius 3 is 3.05 bits per heavy atom. The molecule has 1 saturated heterocycles. The average Bonchev–Trinajstić information content (AvgIpc) is 3.10. The van der Waals surface area contributed by atoms with Gasteiger partial charge in [-0.15, -0.1) is 0 Å². The summed E-state index contributed by atoms with van der Waals surface area (Å²) in [4.78, 5) is 0. The Kier molecular flexibility index (Phi) is 3.75. The summed E-state index contributed by atoms with van der Waals surface area (Å²) >= 11 is 0. The van der Waals surface area contributed by atoms with E-state index in [4.69, 9.17) is 18.9 Å². The minimum atomic E-state index is 0.289.